The van der Waals surface area contributed by atoms with Crippen LogP contribution in [0.1, 0.15) is 46.0 Å². The molecule has 28 heavy (non-hydrogen) atoms. The zero-order chi connectivity index (χ0) is 19.5. The van der Waals surface area contributed by atoms with E-state index in [0.29, 0.717) is 11.5 Å². The first-order valence-corrected chi connectivity index (χ1v) is 11.0. The summed E-state index contributed by atoms with van der Waals surface area (Å²) >= 11 is 0. The van der Waals surface area contributed by atoms with E-state index >= 15 is 0 Å². The Bertz CT molecular complexity index is 772. The minimum atomic E-state index is -0.111. The summed E-state index contributed by atoms with van der Waals surface area (Å²) in [5, 5.41) is 0. The van der Waals surface area contributed by atoms with Crippen molar-refractivity contribution in [3.63, 3.8) is 0 Å². The molecule has 0 radical (unpaired) electrons. The molecule has 2 saturated heterocycles. The van der Waals surface area contributed by atoms with Crippen molar-refractivity contribution < 1.29 is 4.79 Å². The maximum absolute atomic E-state index is 13.1. The molecule has 6 nitrogen and oxygen atoms in total. The van der Waals surface area contributed by atoms with Gasteiger partial charge < -0.3 is 14.7 Å². The van der Waals surface area contributed by atoms with Crippen molar-refractivity contribution in [1.29, 1.82) is 0 Å². The molecule has 1 amide bonds. The van der Waals surface area contributed by atoms with Crippen LogP contribution >= 0.6 is 0 Å². The third-order valence-electron chi connectivity index (χ3n) is 7.69. The lowest BCUT2D eigenvalue weighted by Gasteiger charge is -2.47. The maximum Gasteiger partial charge on any atom is 0.250 e. The fraction of sp³-hybridized carbons (Fsp3) is 0.727. The SMILES string of the molecule is CC(C)N1CCN2c3ncc(N4CCC5(CCCC5)C4)cc3N(C)C(=O)[C@H]2C1. The van der Waals surface area contributed by atoms with Crippen LogP contribution < -0.4 is 14.7 Å². The number of fused-ring (bicyclic) bond motifs is 3. The second kappa shape index (κ2) is 6.61. The molecule has 0 unspecified atom stereocenters. The van der Waals surface area contributed by atoms with E-state index in [1.165, 1.54) is 37.8 Å². The van der Waals surface area contributed by atoms with Crippen molar-refractivity contribution >= 4 is 23.1 Å². The summed E-state index contributed by atoms with van der Waals surface area (Å²) in [6, 6.07) is 2.56. The third-order valence-corrected chi connectivity index (χ3v) is 7.69. The molecule has 1 aromatic heterocycles. The summed E-state index contributed by atoms with van der Waals surface area (Å²) in [5.74, 6) is 1.18. The van der Waals surface area contributed by atoms with Gasteiger partial charge in [-0.25, -0.2) is 4.98 Å². The highest BCUT2D eigenvalue weighted by Crippen LogP contribution is 2.47. The molecule has 1 saturated carbocycles. The van der Waals surface area contributed by atoms with Gasteiger partial charge in [0.15, 0.2) is 5.82 Å². The Labute approximate surface area is 168 Å². The van der Waals surface area contributed by atoms with Crippen molar-refractivity contribution in [2.24, 2.45) is 5.41 Å². The van der Waals surface area contributed by atoms with Crippen molar-refractivity contribution in [3.8, 4) is 0 Å². The number of piperazine rings is 1. The summed E-state index contributed by atoms with van der Waals surface area (Å²) in [6.07, 6.45) is 8.87. The Kier molecular flexibility index (Phi) is 4.30. The average Bonchev–Trinajstić information content (AvgIpc) is 3.35. The molecule has 1 aliphatic carbocycles. The molecule has 3 fully saturated rings. The lowest BCUT2D eigenvalue weighted by molar-refractivity contribution is -0.121. The first-order chi connectivity index (χ1) is 13.5. The zero-order valence-electron chi connectivity index (χ0n) is 17.5. The van der Waals surface area contributed by atoms with Crippen LogP contribution in [0.15, 0.2) is 12.3 Å². The first kappa shape index (κ1) is 18.2. The van der Waals surface area contributed by atoms with E-state index in [0.717, 1.165) is 44.2 Å². The Morgan fingerprint density at radius 2 is 1.93 bits per heavy atom. The second-order valence-corrected chi connectivity index (χ2v) is 9.61. The summed E-state index contributed by atoms with van der Waals surface area (Å²) in [4.78, 5) is 27.0. The number of hydrogen-bond donors (Lipinski definition) is 0. The second-order valence-electron chi connectivity index (χ2n) is 9.61. The molecule has 0 N–H and O–H groups in total. The highest BCUT2D eigenvalue weighted by molar-refractivity contribution is 6.05. The number of aromatic nitrogens is 1. The number of likely N-dealkylation sites (N-methyl/N-ethyl adjacent to an activating group) is 1. The van der Waals surface area contributed by atoms with Crippen LogP contribution in [-0.2, 0) is 4.79 Å². The first-order valence-electron chi connectivity index (χ1n) is 11.0. The molecule has 1 aromatic rings. The number of anilines is 3. The molecular weight excluding hydrogens is 350 g/mol. The molecule has 5 rings (SSSR count). The van der Waals surface area contributed by atoms with Crippen molar-refractivity contribution in [1.82, 2.24) is 9.88 Å². The topological polar surface area (TPSA) is 42.9 Å². The van der Waals surface area contributed by atoms with Crippen LogP contribution in [0.5, 0.6) is 0 Å². The minimum absolute atomic E-state index is 0.111. The average molecular weight is 384 g/mol. The van der Waals surface area contributed by atoms with E-state index in [1.807, 2.05) is 18.1 Å². The molecule has 152 valence electrons. The van der Waals surface area contributed by atoms with Gasteiger partial charge in [-0.15, -0.1) is 0 Å². The Hall–Kier alpha value is -1.82. The molecule has 4 aliphatic rings. The number of nitrogens with zero attached hydrogens (tertiary/aromatic N) is 5. The summed E-state index contributed by atoms with van der Waals surface area (Å²) < 4.78 is 0. The molecule has 1 atom stereocenters. The van der Waals surface area contributed by atoms with Gasteiger partial charge in [0.1, 0.15) is 6.04 Å². The van der Waals surface area contributed by atoms with Crippen LogP contribution in [-0.4, -0.2) is 67.6 Å². The van der Waals surface area contributed by atoms with E-state index in [1.54, 1.807) is 0 Å². The molecule has 1 spiro atoms. The highest BCUT2D eigenvalue weighted by Gasteiger charge is 2.43. The van der Waals surface area contributed by atoms with Crippen molar-refractivity contribution in [3.05, 3.63) is 12.3 Å². The van der Waals surface area contributed by atoms with Gasteiger partial charge in [-0.3, -0.25) is 9.69 Å². The molecule has 0 aromatic carbocycles. The lowest BCUT2D eigenvalue weighted by atomic mass is 9.86. The van der Waals surface area contributed by atoms with E-state index < -0.39 is 0 Å². The van der Waals surface area contributed by atoms with Gasteiger partial charge in [0.2, 0.25) is 0 Å². The van der Waals surface area contributed by atoms with Crippen LogP contribution in [0.25, 0.3) is 0 Å². The third kappa shape index (κ3) is 2.79. The monoisotopic (exact) mass is 383 g/mol. The van der Waals surface area contributed by atoms with Gasteiger partial charge in [-0.05, 0) is 44.6 Å². The van der Waals surface area contributed by atoms with Gasteiger partial charge in [-0.2, -0.15) is 0 Å². The van der Waals surface area contributed by atoms with Crippen LogP contribution in [0.4, 0.5) is 17.2 Å². The smallest absolute Gasteiger partial charge is 0.250 e. The minimum Gasteiger partial charge on any atom is -0.370 e. The van der Waals surface area contributed by atoms with Gasteiger partial charge in [0.05, 0.1) is 17.6 Å². The quantitative estimate of drug-likeness (QED) is 0.786. The van der Waals surface area contributed by atoms with Gasteiger partial charge in [-0.1, -0.05) is 12.8 Å². The lowest BCUT2D eigenvalue weighted by Crippen LogP contribution is -2.63. The summed E-state index contributed by atoms with van der Waals surface area (Å²) in [6.45, 7) is 9.33. The molecule has 0 bridgehead atoms. The normalized spacial score (nSPS) is 27.1. The summed E-state index contributed by atoms with van der Waals surface area (Å²) in [5.41, 5.74) is 2.70. The van der Waals surface area contributed by atoms with Gasteiger partial charge in [0.25, 0.3) is 5.91 Å². The maximum atomic E-state index is 13.1. The van der Waals surface area contributed by atoms with E-state index in [-0.39, 0.29) is 11.9 Å². The van der Waals surface area contributed by atoms with Crippen molar-refractivity contribution in [2.45, 2.75) is 58.0 Å². The van der Waals surface area contributed by atoms with Crippen LogP contribution in [0.3, 0.4) is 0 Å². The zero-order valence-corrected chi connectivity index (χ0v) is 17.5. The van der Waals surface area contributed by atoms with Crippen LogP contribution in [0.2, 0.25) is 0 Å². The highest BCUT2D eigenvalue weighted by atomic mass is 16.2. The number of carbonyl (C=O) groups is 1. The van der Waals surface area contributed by atoms with E-state index in [4.69, 9.17) is 4.98 Å². The van der Waals surface area contributed by atoms with E-state index in [2.05, 4.69) is 34.6 Å². The number of carbonyl (C=O) groups excluding carboxylic acids is 1. The van der Waals surface area contributed by atoms with E-state index in [9.17, 15) is 4.79 Å². The molecule has 3 aliphatic heterocycles. The fourth-order valence-electron chi connectivity index (χ4n) is 5.85. The number of rotatable bonds is 2. The number of hydrogen-bond acceptors (Lipinski definition) is 5. The Balaban J connectivity index is 1.42. The number of pyridine rings is 1. The Morgan fingerprint density at radius 3 is 2.68 bits per heavy atom. The van der Waals surface area contributed by atoms with Crippen LogP contribution in [0, 0.1) is 5.41 Å². The number of amides is 1. The molecule has 4 heterocycles. The predicted octanol–water partition coefficient (Wildman–Crippen LogP) is 2.73. The molecular formula is C22H33N5O. The molecule has 6 heteroatoms. The largest absolute Gasteiger partial charge is 0.370 e. The Morgan fingerprint density at radius 1 is 1.14 bits per heavy atom. The van der Waals surface area contributed by atoms with Gasteiger partial charge >= 0.3 is 0 Å². The summed E-state index contributed by atoms with van der Waals surface area (Å²) in [7, 11) is 1.92. The predicted molar refractivity (Wildman–Crippen MR) is 113 cm³/mol. The van der Waals surface area contributed by atoms with Crippen molar-refractivity contribution in [2.75, 3.05) is 54.5 Å². The van der Waals surface area contributed by atoms with Gasteiger partial charge in [0, 0.05) is 45.8 Å². The standard InChI is InChI=1S/C22H33N5O/c1-16(2)25-10-11-27-19(14-25)21(28)24(3)18-12-17(13-23-20(18)27)26-9-8-22(15-26)6-4-5-7-22/h12-13,16,19H,4-11,14-15H2,1-3H3/t19-/m1/s1. The fourth-order valence-corrected chi connectivity index (χ4v) is 5.85.